The molecule has 0 saturated heterocycles. The molecule has 0 aliphatic rings. The SMILES string of the molecule is CCCCC(CCCC)CNCC. The van der Waals surface area contributed by atoms with Crippen LogP contribution in [0.1, 0.15) is 59.3 Å². The Morgan fingerprint density at radius 3 is 1.85 bits per heavy atom. The monoisotopic (exact) mass is 185 g/mol. The Labute approximate surface area is 84.3 Å². The van der Waals surface area contributed by atoms with Gasteiger partial charge in [0.15, 0.2) is 0 Å². The van der Waals surface area contributed by atoms with E-state index >= 15 is 0 Å². The van der Waals surface area contributed by atoms with Gasteiger partial charge in [-0.1, -0.05) is 46.5 Å². The lowest BCUT2D eigenvalue weighted by molar-refractivity contribution is 0.398. The first kappa shape index (κ1) is 13.0. The lowest BCUT2D eigenvalue weighted by Gasteiger charge is -2.16. The fourth-order valence-electron chi connectivity index (χ4n) is 1.68. The van der Waals surface area contributed by atoms with E-state index in [2.05, 4.69) is 26.1 Å². The predicted molar refractivity (Wildman–Crippen MR) is 61.1 cm³/mol. The van der Waals surface area contributed by atoms with Crippen molar-refractivity contribution in [3.05, 3.63) is 0 Å². The van der Waals surface area contributed by atoms with Gasteiger partial charge in [0.05, 0.1) is 0 Å². The van der Waals surface area contributed by atoms with E-state index in [4.69, 9.17) is 0 Å². The van der Waals surface area contributed by atoms with Gasteiger partial charge in [-0.05, 0) is 31.8 Å². The molecule has 0 saturated carbocycles. The standard InChI is InChI=1S/C12H27N/c1-4-7-9-12(10-8-5-2)11-13-6-3/h12-13H,4-11H2,1-3H3. The first-order valence-electron chi connectivity index (χ1n) is 6.05. The normalized spacial score (nSPS) is 11.1. The number of nitrogens with one attached hydrogen (secondary N) is 1. The molecule has 0 aromatic rings. The van der Waals surface area contributed by atoms with Crippen molar-refractivity contribution in [3.8, 4) is 0 Å². The largest absolute Gasteiger partial charge is 0.317 e. The molecule has 0 atom stereocenters. The summed E-state index contributed by atoms with van der Waals surface area (Å²) >= 11 is 0. The van der Waals surface area contributed by atoms with Crippen LogP contribution in [0, 0.1) is 5.92 Å². The molecule has 0 aromatic heterocycles. The molecule has 0 spiro atoms. The Morgan fingerprint density at radius 2 is 1.46 bits per heavy atom. The molecule has 0 fully saturated rings. The van der Waals surface area contributed by atoms with Crippen LogP contribution in [0.25, 0.3) is 0 Å². The molecule has 0 unspecified atom stereocenters. The molecule has 0 aromatic carbocycles. The molecule has 80 valence electrons. The molecule has 13 heavy (non-hydrogen) atoms. The zero-order valence-corrected chi connectivity index (χ0v) is 9.73. The summed E-state index contributed by atoms with van der Waals surface area (Å²) in [6.07, 6.45) is 8.33. The van der Waals surface area contributed by atoms with Crippen molar-refractivity contribution in [2.24, 2.45) is 5.92 Å². The van der Waals surface area contributed by atoms with Crippen LogP contribution in [0.2, 0.25) is 0 Å². The summed E-state index contributed by atoms with van der Waals surface area (Å²) in [6, 6.07) is 0. The first-order valence-corrected chi connectivity index (χ1v) is 6.05. The van der Waals surface area contributed by atoms with Crippen LogP contribution in [0.3, 0.4) is 0 Å². The lowest BCUT2D eigenvalue weighted by Crippen LogP contribution is -2.22. The molecule has 0 bridgehead atoms. The second-order valence-corrected chi connectivity index (χ2v) is 3.96. The summed E-state index contributed by atoms with van der Waals surface area (Å²) in [7, 11) is 0. The van der Waals surface area contributed by atoms with Crippen molar-refractivity contribution in [2.75, 3.05) is 13.1 Å². The van der Waals surface area contributed by atoms with Crippen molar-refractivity contribution in [3.63, 3.8) is 0 Å². The van der Waals surface area contributed by atoms with Gasteiger partial charge in [0.2, 0.25) is 0 Å². The molecular weight excluding hydrogens is 158 g/mol. The van der Waals surface area contributed by atoms with Crippen molar-refractivity contribution in [2.45, 2.75) is 59.3 Å². The Balaban J connectivity index is 3.47. The number of hydrogen-bond donors (Lipinski definition) is 1. The highest BCUT2D eigenvalue weighted by Crippen LogP contribution is 2.14. The van der Waals surface area contributed by atoms with Gasteiger partial charge in [-0.25, -0.2) is 0 Å². The Hall–Kier alpha value is -0.0400. The lowest BCUT2D eigenvalue weighted by atomic mass is 9.96. The Bertz CT molecular complexity index is 72.1. The van der Waals surface area contributed by atoms with Crippen LogP contribution >= 0.6 is 0 Å². The molecule has 1 nitrogen and oxygen atoms in total. The van der Waals surface area contributed by atoms with Gasteiger partial charge in [-0.2, -0.15) is 0 Å². The minimum absolute atomic E-state index is 0.930. The van der Waals surface area contributed by atoms with E-state index in [0.29, 0.717) is 0 Å². The summed E-state index contributed by atoms with van der Waals surface area (Å²) in [5, 5.41) is 3.47. The highest BCUT2D eigenvalue weighted by Gasteiger charge is 2.06. The third-order valence-corrected chi connectivity index (χ3v) is 2.61. The summed E-state index contributed by atoms with van der Waals surface area (Å²) in [5.41, 5.74) is 0. The smallest absolute Gasteiger partial charge is 0.00206 e. The summed E-state index contributed by atoms with van der Waals surface area (Å²) in [5.74, 6) is 0.930. The zero-order valence-electron chi connectivity index (χ0n) is 9.73. The molecule has 1 N–H and O–H groups in total. The van der Waals surface area contributed by atoms with E-state index in [1.165, 1.54) is 45.1 Å². The molecule has 0 rings (SSSR count). The number of hydrogen-bond acceptors (Lipinski definition) is 1. The average molecular weight is 185 g/mol. The number of unbranched alkanes of at least 4 members (excludes halogenated alkanes) is 2. The quantitative estimate of drug-likeness (QED) is 0.579. The van der Waals surface area contributed by atoms with E-state index in [9.17, 15) is 0 Å². The van der Waals surface area contributed by atoms with Gasteiger partial charge >= 0.3 is 0 Å². The predicted octanol–water partition coefficient (Wildman–Crippen LogP) is 3.59. The summed E-state index contributed by atoms with van der Waals surface area (Å²) < 4.78 is 0. The minimum Gasteiger partial charge on any atom is -0.317 e. The molecule has 0 aliphatic heterocycles. The summed E-state index contributed by atoms with van der Waals surface area (Å²) in [6.45, 7) is 9.11. The van der Waals surface area contributed by atoms with E-state index in [0.717, 1.165) is 12.5 Å². The minimum atomic E-state index is 0.930. The van der Waals surface area contributed by atoms with Gasteiger partial charge in [0.25, 0.3) is 0 Å². The Kier molecular flexibility index (Phi) is 10.0. The average Bonchev–Trinajstić information content (AvgIpc) is 2.17. The number of rotatable bonds is 9. The molecule has 0 amide bonds. The highest BCUT2D eigenvalue weighted by molar-refractivity contribution is 4.62. The van der Waals surface area contributed by atoms with Crippen LogP contribution in [0.4, 0.5) is 0 Å². The zero-order chi connectivity index (χ0) is 9.94. The van der Waals surface area contributed by atoms with Gasteiger partial charge in [0.1, 0.15) is 0 Å². The van der Waals surface area contributed by atoms with E-state index in [1.54, 1.807) is 0 Å². The molecule has 1 heteroatoms. The van der Waals surface area contributed by atoms with Crippen LogP contribution in [0.15, 0.2) is 0 Å². The maximum absolute atomic E-state index is 3.47. The van der Waals surface area contributed by atoms with E-state index in [-0.39, 0.29) is 0 Å². The fourth-order valence-corrected chi connectivity index (χ4v) is 1.68. The summed E-state index contributed by atoms with van der Waals surface area (Å²) in [4.78, 5) is 0. The second kappa shape index (κ2) is 10.0. The molecular formula is C12H27N. The van der Waals surface area contributed by atoms with Gasteiger partial charge in [-0.15, -0.1) is 0 Å². The Morgan fingerprint density at radius 1 is 0.923 bits per heavy atom. The second-order valence-electron chi connectivity index (χ2n) is 3.96. The van der Waals surface area contributed by atoms with E-state index in [1.807, 2.05) is 0 Å². The van der Waals surface area contributed by atoms with Crippen molar-refractivity contribution in [1.29, 1.82) is 0 Å². The van der Waals surface area contributed by atoms with Crippen molar-refractivity contribution >= 4 is 0 Å². The fraction of sp³-hybridized carbons (Fsp3) is 1.00. The first-order chi connectivity index (χ1) is 6.35. The highest BCUT2D eigenvalue weighted by atomic mass is 14.8. The van der Waals surface area contributed by atoms with E-state index < -0.39 is 0 Å². The van der Waals surface area contributed by atoms with Crippen LogP contribution in [0.5, 0.6) is 0 Å². The topological polar surface area (TPSA) is 12.0 Å². The van der Waals surface area contributed by atoms with Gasteiger partial charge in [-0.3, -0.25) is 0 Å². The van der Waals surface area contributed by atoms with Crippen LogP contribution in [-0.4, -0.2) is 13.1 Å². The van der Waals surface area contributed by atoms with Crippen LogP contribution in [-0.2, 0) is 0 Å². The van der Waals surface area contributed by atoms with Crippen LogP contribution < -0.4 is 5.32 Å². The van der Waals surface area contributed by atoms with Gasteiger partial charge in [0, 0.05) is 0 Å². The maximum atomic E-state index is 3.47. The maximum Gasteiger partial charge on any atom is -0.00206 e. The molecule has 0 heterocycles. The van der Waals surface area contributed by atoms with Gasteiger partial charge < -0.3 is 5.32 Å². The van der Waals surface area contributed by atoms with Crippen molar-refractivity contribution < 1.29 is 0 Å². The third-order valence-electron chi connectivity index (χ3n) is 2.61. The van der Waals surface area contributed by atoms with Crippen molar-refractivity contribution in [1.82, 2.24) is 5.32 Å². The third kappa shape index (κ3) is 8.29. The molecule has 0 radical (unpaired) electrons. The molecule has 0 aliphatic carbocycles.